The van der Waals surface area contributed by atoms with Crippen LogP contribution in [0.1, 0.15) is 16.7 Å². The molecular formula is C131H73N3O3. The fourth-order valence-electron chi connectivity index (χ4n) is 22.5. The van der Waals surface area contributed by atoms with Crippen molar-refractivity contribution in [2.24, 2.45) is 0 Å². The van der Waals surface area contributed by atoms with E-state index in [0.29, 0.717) is 16.7 Å². The van der Waals surface area contributed by atoms with Crippen molar-refractivity contribution in [3.63, 3.8) is 0 Å². The maximum Gasteiger partial charge on any atom is 0.136 e. The van der Waals surface area contributed by atoms with E-state index in [0.717, 1.165) is 117 Å². The van der Waals surface area contributed by atoms with Crippen LogP contribution in [0.4, 0.5) is 0 Å². The molecule has 0 atom stereocenters. The zero-order valence-electron chi connectivity index (χ0n) is 73.7. The fraction of sp³-hybridized carbons (Fsp3) is 0. The van der Waals surface area contributed by atoms with Gasteiger partial charge >= 0.3 is 0 Å². The maximum atomic E-state index is 9.68. The van der Waals surface area contributed by atoms with Gasteiger partial charge in [-0.05, 0) is 310 Å². The summed E-state index contributed by atoms with van der Waals surface area (Å²) in [6.07, 6.45) is 0. The first-order chi connectivity index (χ1) is 67.8. The van der Waals surface area contributed by atoms with Crippen molar-refractivity contribution in [3.05, 3.63) is 460 Å². The zero-order valence-corrected chi connectivity index (χ0v) is 73.7. The Kier molecular flexibility index (Phi) is 17.8. The Morgan fingerprint density at radius 3 is 0.934 bits per heavy atom. The molecule has 29 rings (SSSR count). The fourth-order valence-corrected chi connectivity index (χ4v) is 22.5. The van der Waals surface area contributed by atoms with E-state index in [-0.39, 0.29) is 0 Å². The number of ether oxygens (including phenoxy) is 3. The number of fused-ring (bicyclic) bond motifs is 23. The molecule has 0 aromatic heterocycles. The van der Waals surface area contributed by atoms with E-state index in [1.165, 1.54) is 169 Å². The van der Waals surface area contributed by atoms with Crippen molar-refractivity contribution in [2.75, 3.05) is 0 Å². The zero-order chi connectivity index (χ0) is 90.6. The second-order valence-electron chi connectivity index (χ2n) is 35.8. The molecule has 6 nitrogen and oxygen atoms in total. The van der Waals surface area contributed by atoms with Crippen molar-refractivity contribution in [2.45, 2.75) is 0 Å². The SMILES string of the molecule is N#Cc1ccc2c(c1)Oc1cccc3c(-c4ccc(-c5cc6c7ccccc7c(-c7cccc8ccccc78)cc6c6ccccc56)c5ccccc45)ccc-2c13.N#Cc1ccc2c3c(cccc13)-c1ccc(-c3cc4c5ccccc5c(-c5ccccc5)cc4c4ccccc34)cc1O2.N#Cc1ccc2c3c(cccc13)-c1ccc(-c3cc4c5ccccc5ccc4c4ccccc34)cc1O2. The molecule has 0 saturated heterocycles. The molecule has 630 valence electrons. The van der Waals surface area contributed by atoms with Gasteiger partial charge in [0, 0.05) is 43.6 Å². The van der Waals surface area contributed by atoms with E-state index < -0.39 is 0 Å². The molecule has 0 unspecified atom stereocenters. The molecule has 26 aromatic rings. The average Bonchev–Trinajstić information content (AvgIpc) is 0.732. The molecule has 0 radical (unpaired) electrons. The minimum Gasteiger partial charge on any atom is -0.456 e. The summed E-state index contributed by atoms with van der Waals surface area (Å²) in [4.78, 5) is 0. The molecule has 0 fully saturated rings. The first-order valence-corrected chi connectivity index (χ1v) is 46.3. The van der Waals surface area contributed by atoms with Gasteiger partial charge < -0.3 is 14.2 Å². The molecule has 6 heteroatoms. The van der Waals surface area contributed by atoms with Crippen LogP contribution in [0.3, 0.4) is 0 Å². The Morgan fingerprint density at radius 2 is 0.438 bits per heavy atom. The van der Waals surface area contributed by atoms with Crippen molar-refractivity contribution >= 4 is 151 Å². The number of benzene rings is 26. The van der Waals surface area contributed by atoms with E-state index in [2.05, 4.69) is 388 Å². The van der Waals surface area contributed by atoms with Crippen molar-refractivity contribution in [1.82, 2.24) is 0 Å². The topological polar surface area (TPSA) is 99.1 Å². The lowest BCUT2D eigenvalue weighted by Gasteiger charge is -2.23. The molecule has 3 aliphatic rings. The number of hydrogen-bond donors (Lipinski definition) is 0. The molecule has 137 heavy (non-hydrogen) atoms. The predicted molar refractivity (Wildman–Crippen MR) is 568 cm³/mol. The molecule has 3 aliphatic heterocycles. The van der Waals surface area contributed by atoms with Crippen LogP contribution in [0.2, 0.25) is 0 Å². The molecule has 3 heterocycles. The molecule has 0 saturated carbocycles. The van der Waals surface area contributed by atoms with Gasteiger partial charge in [-0.3, -0.25) is 0 Å². The third kappa shape index (κ3) is 12.3. The molecule has 0 aliphatic carbocycles. The van der Waals surface area contributed by atoms with Crippen molar-refractivity contribution in [3.8, 4) is 153 Å². The Hall–Kier alpha value is -18.8. The number of nitriles is 3. The van der Waals surface area contributed by atoms with E-state index >= 15 is 0 Å². The van der Waals surface area contributed by atoms with Crippen LogP contribution in [-0.2, 0) is 0 Å². The van der Waals surface area contributed by atoms with Gasteiger partial charge in [-0.1, -0.05) is 340 Å². The maximum absolute atomic E-state index is 9.68. The summed E-state index contributed by atoms with van der Waals surface area (Å²) in [7, 11) is 0. The van der Waals surface area contributed by atoms with Crippen LogP contribution < -0.4 is 14.2 Å². The van der Waals surface area contributed by atoms with E-state index in [1.54, 1.807) is 0 Å². The monoisotopic (exact) mass is 1740 g/mol. The summed E-state index contributed by atoms with van der Waals surface area (Å²) in [5.41, 5.74) is 22.7. The largest absolute Gasteiger partial charge is 0.456 e. The Balaban J connectivity index is 0.000000107. The van der Waals surface area contributed by atoms with Crippen LogP contribution in [-0.4, -0.2) is 0 Å². The second-order valence-corrected chi connectivity index (χ2v) is 35.8. The molecule has 0 spiro atoms. The molecular weight excluding hydrogens is 1660 g/mol. The molecule has 0 bridgehead atoms. The van der Waals surface area contributed by atoms with Gasteiger partial charge in [-0.25, -0.2) is 0 Å². The lowest BCUT2D eigenvalue weighted by atomic mass is 9.84. The number of rotatable bonds is 6. The Labute approximate surface area is 787 Å². The summed E-state index contributed by atoms with van der Waals surface area (Å²) in [5.74, 6) is 4.78. The highest BCUT2D eigenvalue weighted by Crippen LogP contribution is 2.56. The van der Waals surface area contributed by atoms with Crippen LogP contribution >= 0.6 is 0 Å². The minimum atomic E-state index is 0.589. The van der Waals surface area contributed by atoms with E-state index in [4.69, 9.17) is 14.2 Å². The van der Waals surface area contributed by atoms with Gasteiger partial charge in [0.25, 0.3) is 0 Å². The van der Waals surface area contributed by atoms with Gasteiger partial charge in [0.1, 0.15) is 34.5 Å². The van der Waals surface area contributed by atoms with Gasteiger partial charge in [0.15, 0.2) is 0 Å². The molecule has 0 amide bonds. The second kappa shape index (κ2) is 31.2. The number of nitrogens with zero attached hydrogens (tertiary/aromatic N) is 3. The van der Waals surface area contributed by atoms with Crippen LogP contribution in [0.15, 0.2) is 443 Å². The normalized spacial score (nSPS) is 11.9. The van der Waals surface area contributed by atoms with Crippen LogP contribution in [0.5, 0.6) is 34.5 Å². The highest BCUT2D eigenvalue weighted by molar-refractivity contribution is 6.29. The Bertz CT molecular complexity index is 9960. The van der Waals surface area contributed by atoms with Gasteiger partial charge in [0.2, 0.25) is 0 Å². The third-order valence-electron chi connectivity index (χ3n) is 28.7. The van der Waals surface area contributed by atoms with Crippen molar-refractivity contribution in [1.29, 1.82) is 15.8 Å². The predicted octanol–water partition coefficient (Wildman–Crippen LogP) is 36.1. The lowest BCUT2D eigenvalue weighted by Crippen LogP contribution is -1.98. The van der Waals surface area contributed by atoms with Crippen molar-refractivity contribution < 1.29 is 14.2 Å². The van der Waals surface area contributed by atoms with Gasteiger partial charge in [-0.15, -0.1) is 0 Å². The standard InChI is InChI=1S/C55H31NO.C41H23NO.C35H19NO/c56-32-33-23-24-46-48-28-27-44(47-21-10-22-53(55(47)48)57-54(46)29-33)43-25-26-45(38-15-4-3-14-37(38)43)50-31-52-41-18-7-5-16-39(41)49(30-51(52)42-19-8-6-17-40(42)50)36-20-9-12-34-11-1-2-13-35(34)36;42-24-27-18-20-39-41-28(27)15-8-16-34(41)33-19-17-26(21-40(33)43-39)36-23-38-31-13-6-4-11-29(31)35(25-9-2-1-3-10-25)22-37(38)32-14-7-5-12-30(32)36;36-20-23-14-17-33-35-25(23)10-5-11-30(35)29-16-13-22(18-34(29)37-33)31-19-32-24-7-2-1-6-21(24)12-15-28(32)26-8-3-4-9-27(26)31/h1-31H;1-23H;1-19H. The quantitative estimate of drug-likeness (QED) is 0.154. The first kappa shape index (κ1) is 78.1. The summed E-state index contributed by atoms with van der Waals surface area (Å²) >= 11 is 0. The smallest absolute Gasteiger partial charge is 0.136 e. The minimum absolute atomic E-state index is 0.589. The first-order valence-electron chi connectivity index (χ1n) is 46.3. The van der Waals surface area contributed by atoms with Crippen LogP contribution in [0.25, 0.3) is 251 Å². The molecule has 26 aromatic carbocycles. The lowest BCUT2D eigenvalue weighted by molar-refractivity contribution is 0.486. The van der Waals surface area contributed by atoms with E-state index in [1.807, 2.05) is 72.8 Å². The average molecular weight is 1740 g/mol. The molecule has 0 N–H and O–H groups in total. The Morgan fingerprint density at radius 1 is 0.139 bits per heavy atom. The summed E-state index contributed by atoms with van der Waals surface area (Å²) in [6.45, 7) is 0. The number of hydrogen-bond acceptors (Lipinski definition) is 6. The third-order valence-corrected chi connectivity index (χ3v) is 28.7. The summed E-state index contributed by atoms with van der Waals surface area (Å²) < 4.78 is 19.5. The van der Waals surface area contributed by atoms with Crippen LogP contribution in [0, 0.1) is 34.0 Å². The highest BCUT2D eigenvalue weighted by atomic mass is 16.5. The summed E-state index contributed by atoms with van der Waals surface area (Å²) in [6, 6.07) is 165. The van der Waals surface area contributed by atoms with Gasteiger partial charge in [-0.2, -0.15) is 15.8 Å². The summed E-state index contributed by atoms with van der Waals surface area (Å²) in [5, 5.41) is 62.2. The van der Waals surface area contributed by atoms with E-state index in [9.17, 15) is 15.8 Å². The highest BCUT2D eigenvalue weighted by Gasteiger charge is 2.29. The van der Waals surface area contributed by atoms with Gasteiger partial charge in [0.05, 0.1) is 34.9 Å².